The fraction of sp³-hybridized carbons (Fsp3) is 0.462. The quantitative estimate of drug-likeness (QED) is 0.879. The highest BCUT2D eigenvalue weighted by Gasteiger charge is 2.15. The number of nitrogens with one attached hydrogen (secondary N) is 1. The smallest absolute Gasteiger partial charge is 0.223 e. The van der Waals surface area contributed by atoms with E-state index in [1.165, 1.54) is 6.07 Å². The fourth-order valence-corrected chi connectivity index (χ4v) is 2.43. The molecule has 0 saturated carbocycles. The largest absolute Gasteiger partial charge is 0.506 e. The summed E-state index contributed by atoms with van der Waals surface area (Å²) in [7, 11) is 3.48. The zero-order chi connectivity index (χ0) is 14.6. The van der Waals surface area contributed by atoms with Crippen LogP contribution >= 0.6 is 23.2 Å². The molecule has 19 heavy (non-hydrogen) atoms. The molecule has 0 aromatic heterocycles. The van der Waals surface area contributed by atoms with Gasteiger partial charge >= 0.3 is 0 Å². The van der Waals surface area contributed by atoms with Gasteiger partial charge in [0.05, 0.1) is 5.02 Å². The lowest BCUT2D eigenvalue weighted by Gasteiger charge is -2.21. The predicted octanol–water partition coefficient (Wildman–Crippen LogP) is 2.51. The minimum absolute atomic E-state index is 0.0137. The van der Waals surface area contributed by atoms with Crippen molar-refractivity contribution in [1.82, 2.24) is 10.2 Å². The summed E-state index contributed by atoms with van der Waals surface area (Å²) in [6.07, 6.45) is 0. The molecule has 106 valence electrons. The number of hydrogen-bond acceptors (Lipinski definition) is 3. The van der Waals surface area contributed by atoms with Gasteiger partial charge in [0.15, 0.2) is 0 Å². The van der Waals surface area contributed by atoms with Crippen molar-refractivity contribution in [2.24, 2.45) is 5.92 Å². The first kappa shape index (κ1) is 16.1. The summed E-state index contributed by atoms with van der Waals surface area (Å²) in [5.74, 6) is -0.113. The molecule has 0 spiro atoms. The molecular formula is C13H18Cl2N2O2. The van der Waals surface area contributed by atoms with E-state index in [0.717, 1.165) is 0 Å². The highest BCUT2D eigenvalue weighted by molar-refractivity contribution is 6.35. The Hall–Kier alpha value is -0.970. The average molecular weight is 305 g/mol. The molecule has 1 aromatic rings. The fourth-order valence-electron chi connectivity index (χ4n) is 1.89. The number of rotatable bonds is 5. The molecule has 1 rings (SSSR count). The van der Waals surface area contributed by atoms with Crippen LogP contribution in [-0.4, -0.2) is 36.6 Å². The normalized spacial score (nSPS) is 12.5. The molecule has 2 N–H and O–H groups in total. The number of carbonyl (C=O) groups excluding carboxylic acids is 1. The van der Waals surface area contributed by atoms with E-state index >= 15 is 0 Å². The van der Waals surface area contributed by atoms with Gasteiger partial charge in [0.2, 0.25) is 5.91 Å². The summed E-state index contributed by atoms with van der Waals surface area (Å²) in [5, 5.41) is 13.2. The Morgan fingerprint density at radius 1 is 1.47 bits per heavy atom. The van der Waals surface area contributed by atoms with Crippen molar-refractivity contribution in [2.45, 2.75) is 13.5 Å². The topological polar surface area (TPSA) is 52.6 Å². The summed E-state index contributed by atoms with van der Waals surface area (Å²) in [5.41, 5.74) is 0.643. The van der Waals surface area contributed by atoms with Crippen LogP contribution in [0.1, 0.15) is 12.5 Å². The number of hydrogen-bond donors (Lipinski definition) is 2. The second-order valence-electron chi connectivity index (χ2n) is 4.61. The Balaban J connectivity index is 2.72. The highest BCUT2D eigenvalue weighted by Crippen LogP contribution is 2.31. The molecule has 0 aliphatic rings. The van der Waals surface area contributed by atoms with Crippen LogP contribution in [0.15, 0.2) is 12.1 Å². The minimum Gasteiger partial charge on any atom is -0.506 e. The number of halogens is 2. The maximum Gasteiger partial charge on any atom is 0.223 e. The molecule has 0 aliphatic heterocycles. The van der Waals surface area contributed by atoms with Crippen molar-refractivity contribution >= 4 is 29.1 Å². The van der Waals surface area contributed by atoms with Crippen LogP contribution in [0.2, 0.25) is 10.0 Å². The van der Waals surface area contributed by atoms with Crippen LogP contribution in [0.3, 0.4) is 0 Å². The van der Waals surface area contributed by atoms with Crippen LogP contribution in [0.25, 0.3) is 0 Å². The molecule has 0 heterocycles. The molecule has 0 aliphatic carbocycles. The Morgan fingerprint density at radius 2 is 2.11 bits per heavy atom. The van der Waals surface area contributed by atoms with E-state index in [0.29, 0.717) is 23.7 Å². The molecule has 0 bridgehead atoms. The summed E-state index contributed by atoms with van der Waals surface area (Å²) in [6, 6.07) is 3.17. The van der Waals surface area contributed by atoms with Gasteiger partial charge in [-0.05, 0) is 19.2 Å². The lowest BCUT2D eigenvalue weighted by molar-refractivity contribution is -0.124. The number of phenolic OH excluding ortho intramolecular Hbond substituents is 1. The van der Waals surface area contributed by atoms with Crippen molar-refractivity contribution in [1.29, 1.82) is 0 Å². The van der Waals surface area contributed by atoms with E-state index in [2.05, 4.69) is 5.32 Å². The Kier molecular flexibility index (Phi) is 5.91. The third-order valence-corrected chi connectivity index (χ3v) is 3.33. The van der Waals surface area contributed by atoms with Gasteiger partial charge in [0.25, 0.3) is 0 Å². The van der Waals surface area contributed by atoms with Gasteiger partial charge in [-0.25, -0.2) is 0 Å². The molecule has 1 atom stereocenters. The van der Waals surface area contributed by atoms with Crippen molar-refractivity contribution < 1.29 is 9.90 Å². The van der Waals surface area contributed by atoms with E-state index in [-0.39, 0.29) is 22.6 Å². The standard InChI is InChI=1S/C13H18Cl2N2O2/c1-8(13(19)16-2)6-17(3)7-9-4-10(14)5-11(15)12(9)18/h4-5,8,18H,6-7H2,1-3H3,(H,16,19). The second-order valence-corrected chi connectivity index (χ2v) is 5.45. The third-order valence-electron chi connectivity index (χ3n) is 2.83. The molecule has 1 aromatic carbocycles. The lowest BCUT2D eigenvalue weighted by atomic mass is 10.1. The van der Waals surface area contributed by atoms with E-state index in [4.69, 9.17) is 23.2 Å². The van der Waals surface area contributed by atoms with Gasteiger partial charge in [0.1, 0.15) is 5.75 Å². The van der Waals surface area contributed by atoms with E-state index in [1.54, 1.807) is 13.1 Å². The van der Waals surface area contributed by atoms with Crippen molar-refractivity contribution in [3.05, 3.63) is 27.7 Å². The maximum atomic E-state index is 11.4. The van der Waals surface area contributed by atoms with Crippen LogP contribution < -0.4 is 5.32 Å². The summed E-state index contributed by atoms with van der Waals surface area (Å²) in [4.78, 5) is 13.4. The number of benzene rings is 1. The molecule has 0 radical (unpaired) electrons. The molecule has 0 saturated heterocycles. The minimum atomic E-state index is -0.133. The van der Waals surface area contributed by atoms with Crippen molar-refractivity contribution in [3.63, 3.8) is 0 Å². The summed E-state index contributed by atoms with van der Waals surface area (Å²) >= 11 is 11.8. The Bertz CT molecular complexity index is 466. The zero-order valence-electron chi connectivity index (χ0n) is 11.2. The third kappa shape index (κ3) is 4.56. The van der Waals surface area contributed by atoms with E-state index in [9.17, 15) is 9.90 Å². The molecule has 0 fully saturated rings. The van der Waals surface area contributed by atoms with Gasteiger partial charge in [0, 0.05) is 36.6 Å². The summed E-state index contributed by atoms with van der Waals surface area (Å²) < 4.78 is 0. The number of aromatic hydroxyl groups is 1. The van der Waals surface area contributed by atoms with Gasteiger partial charge in [-0.1, -0.05) is 30.1 Å². The molecule has 1 amide bonds. The molecule has 6 heteroatoms. The number of nitrogens with zero attached hydrogens (tertiary/aromatic N) is 1. The average Bonchev–Trinajstić information content (AvgIpc) is 2.34. The first-order chi connectivity index (χ1) is 8.85. The van der Waals surface area contributed by atoms with Crippen molar-refractivity contribution in [3.8, 4) is 5.75 Å². The van der Waals surface area contributed by atoms with E-state index in [1.807, 2.05) is 18.9 Å². The first-order valence-corrected chi connectivity index (χ1v) is 6.67. The molecular weight excluding hydrogens is 287 g/mol. The van der Waals surface area contributed by atoms with Gasteiger partial charge in [-0.3, -0.25) is 4.79 Å². The molecule has 1 unspecified atom stereocenters. The van der Waals surface area contributed by atoms with E-state index < -0.39 is 0 Å². The predicted molar refractivity (Wildman–Crippen MR) is 77.7 cm³/mol. The van der Waals surface area contributed by atoms with Gasteiger partial charge in [-0.2, -0.15) is 0 Å². The monoisotopic (exact) mass is 304 g/mol. The van der Waals surface area contributed by atoms with Crippen LogP contribution in [-0.2, 0) is 11.3 Å². The number of phenols is 1. The Labute approximate surface area is 123 Å². The second kappa shape index (κ2) is 6.98. The first-order valence-electron chi connectivity index (χ1n) is 5.92. The maximum absolute atomic E-state index is 11.4. The van der Waals surface area contributed by atoms with Crippen LogP contribution in [0.5, 0.6) is 5.75 Å². The number of amides is 1. The van der Waals surface area contributed by atoms with Crippen LogP contribution in [0.4, 0.5) is 0 Å². The Morgan fingerprint density at radius 3 is 2.68 bits per heavy atom. The van der Waals surface area contributed by atoms with Crippen LogP contribution in [0, 0.1) is 5.92 Å². The number of carbonyl (C=O) groups is 1. The van der Waals surface area contributed by atoms with Crippen molar-refractivity contribution in [2.75, 3.05) is 20.6 Å². The van der Waals surface area contributed by atoms with Gasteiger partial charge < -0.3 is 15.3 Å². The lowest BCUT2D eigenvalue weighted by Crippen LogP contribution is -2.34. The molecule has 4 nitrogen and oxygen atoms in total. The van der Waals surface area contributed by atoms with Gasteiger partial charge in [-0.15, -0.1) is 0 Å². The SMILES string of the molecule is CNC(=O)C(C)CN(C)Cc1cc(Cl)cc(Cl)c1O. The zero-order valence-corrected chi connectivity index (χ0v) is 12.7. The highest BCUT2D eigenvalue weighted by atomic mass is 35.5. The summed E-state index contributed by atoms with van der Waals surface area (Å²) in [6.45, 7) is 2.89.